The van der Waals surface area contributed by atoms with Gasteiger partial charge in [-0.25, -0.2) is 4.79 Å². The van der Waals surface area contributed by atoms with E-state index in [1.165, 1.54) is 18.4 Å². The number of hydrogen-bond acceptors (Lipinski definition) is 6. The fourth-order valence-electron chi connectivity index (χ4n) is 3.45. The molecule has 2 aromatic heterocycles. The van der Waals surface area contributed by atoms with Crippen LogP contribution in [0.1, 0.15) is 29.0 Å². The highest BCUT2D eigenvalue weighted by Crippen LogP contribution is 2.34. The molecule has 2 aromatic carbocycles. The summed E-state index contributed by atoms with van der Waals surface area (Å²) in [7, 11) is 0. The summed E-state index contributed by atoms with van der Waals surface area (Å²) in [6, 6.07) is 13.7. The maximum atomic E-state index is 13.0. The summed E-state index contributed by atoms with van der Waals surface area (Å²) in [6.45, 7) is 5.92. The average molecular weight is 404 g/mol. The van der Waals surface area contributed by atoms with E-state index >= 15 is 0 Å². The minimum atomic E-state index is -0.657. The summed E-state index contributed by atoms with van der Waals surface area (Å²) >= 11 is 0. The van der Waals surface area contributed by atoms with Crippen molar-refractivity contribution in [1.29, 1.82) is 0 Å². The highest BCUT2D eigenvalue weighted by atomic mass is 16.5. The first kappa shape index (κ1) is 19.5. The summed E-state index contributed by atoms with van der Waals surface area (Å²) in [5, 5.41) is 0.849. The van der Waals surface area contributed by atoms with Crippen LogP contribution in [0.15, 0.2) is 68.4 Å². The van der Waals surface area contributed by atoms with Crippen molar-refractivity contribution in [1.82, 2.24) is 0 Å². The Hall–Kier alpha value is -3.80. The number of hydrogen-bond donors (Lipinski definition) is 0. The van der Waals surface area contributed by atoms with Crippen LogP contribution in [0.2, 0.25) is 0 Å². The third-order valence-electron chi connectivity index (χ3n) is 4.75. The molecular formula is C24H20O6. The molecule has 30 heavy (non-hydrogen) atoms. The molecular weight excluding hydrogens is 384 g/mol. The molecule has 6 nitrogen and oxygen atoms in total. The first-order valence-corrected chi connectivity index (χ1v) is 9.55. The van der Waals surface area contributed by atoms with E-state index in [4.69, 9.17) is 18.3 Å². The Bertz CT molecular complexity index is 1260. The standard InChI is InChI=1S/C24H20O6/c1-4-27-18-9-7-16(8-10-18)17-12-19(25)22-14(2)29-15(3)23(22)21(13-17)30-24(26)20-6-5-11-28-20/h5-13H,4H2,1-3H3. The molecule has 0 fully saturated rings. The Kier molecular flexibility index (Phi) is 5.14. The van der Waals surface area contributed by atoms with Crippen molar-refractivity contribution in [3.05, 3.63) is 82.3 Å². The molecule has 0 saturated heterocycles. The van der Waals surface area contributed by atoms with Crippen LogP contribution < -0.4 is 14.9 Å². The van der Waals surface area contributed by atoms with Crippen molar-refractivity contribution < 1.29 is 23.1 Å². The number of rotatable bonds is 5. The number of fused-ring (bicyclic) bond motifs is 1. The summed E-state index contributed by atoms with van der Waals surface area (Å²) < 4.78 is 21.9. The van der Waals surface area contributed by atoms with E-state index in [1.807, 2.05) is 31.2 Å². The van der Waals surface area contributed by atoms with Crippen molar-refractivity contribution >= 4 is 16.7 Å². The topological polar surface area (TPSA) is 78.9 Å². The van der Waals surface area contributed by atoms with E-state index in [0.29, 0.717) is 34.5 Å². The lowest BCUT2D eigenvalue weighted by Gasteiger charge is -2.06. The maximum Gasteiger partial charge on any atom is 0.379 e. The lowest BCUT2D eigenvalue weighted by molar-refractivity contribution is 0.0704. The molecule has 0 unspecified atom stereocenters. The van der Waals surface area contributed by atoms with E-state index in [-0.39, 0.29) is 16.9 Å². The third kappa shape index (κ3) is 3.59. The zero-order valence-electron chi connectivity index (χ0n) is 16.9. The Balaban J connectivity index is 1.90. The number of ether oxygens (including phenoxy) is 2. The van der Waals surface area contributed by atoms with Crippen molar-refractivity contribution in [3.63, 3.8) is 0 Å². The first-order chi connectivity index (χ1) is 14.5. The predicted octanol–water partition coefficient (Wildman–Crippen LogP) is 5.29. The second kappa shape index (κ2) is 7.91. The van der Waals surface area contributed by atoms with Gasteiger partial charge in [0.25, 0.3) is 0 Å². The fraction of sp³-hybridized carbons (Fsp3) is 0.167. The smallest absolute Gasteiger partial charge is 0.379 e. The van der Waals surface area contributed by atoms with Gasteiger partial charge in [-0.2, -0.15) is 0 Å². The highest BCUT2D eigenvalue weighted by Gasteiger charge is 2.20. The molecule has 0 aliphatic rings. The minimum absolute atomic E-state index is 0.0671. The van der Waals surface area contributed by atoms with Crippen LogP contribution in [0.3, 0.4) is 0 Å². The van der Waals surface area contributed by atoms with Crippen molar-refractivity contribution in [2.45, 2.75) is 20.8 Å². The number of furan rings is 2. The average Bonchev–Trinajstić information content (AvgIpc) is 3.32. The molecule has 2 heterocycles. The van der Waals surface area contributed by atoms with Crippen LogP contribution in [0.5, 0.6) is 11.5 Å². The lowest BCUT2D eigenvalue weighted by atomic mass is 10.1. The van der Waals surface area contributed by atoms with Gasteiger partial charge in [-0.15, -0.1) is 0 Å². The second-order valence-electron chi connectivity index (χ2n) is 6.76. The fourth-order valence-corrected chi connectivity index (χ4v) is 3.45. The van der Waals surface area contributed by atoms with Gasteiger partial charge >= 0.3 is 5.97 Å². The highest BCUT2D eigenvalue weighted by molar-refractivity contribution is 5.96. The van der Waals surface area contributed by atoms with Gasteiger partial charge in [-0.05, 0) is 68.3 Å². The van der Waals surface area contributed by atoms with Gasteiger partial charge in [-0.3, -0.25) is 4.79 Å². The number of aryl methyl sites for hydroxylation is 2. The quantitative estimate of drug-likeness (QED) is 0.421. The summed E-state index contributed by atoms with van der Waals surface area (Å²) in [5.74, 6) is 1.34. The number of carbonyl (C=O) groups excluding carboxylic acids is 1. The van der Waals surface area contributed by atoms with Crippen molar-refractivity contribution in [2.24, 2.45) is 0 Å². The SMILES string of the molecule is CCOc1ccc(-c2cc(OC(=O)c3ccco3)c3c(C)oc(C)c3c(=O)c2)cc1. The largest absolute Gasteiger partial charge is 0.494 e. The van der Waals surface area contributed by atoms with Crippen LogP contribution in [-0.2, 0) is 0 Å². The molecule has 4 rings (SSSR count). The zero-order valence-corrected chi connectivity index (χ0v) is 16.9. The Morgan fingerprint density at radius 2 is 1.70 bits per heavy atom. The summed E-state index contributed by atoms with van der Waals surface area (Å²) in [6.07, 6.45) is 1.39. The van der Waals surface area contributed by atoms with E-state index in [1.54, 1.807) is 26.0 Å². The molecule has 0 atom stereocenters. The van der Waals surface area contributed by atoms with E-state index in [9.17, 15) is 9.59 Å². The van der Waals surface area contributed by atoms with Gasteiger partial charge in [0.1, 0.15) is 23.0 Å². The predicted molar refractivity (Wildman–Crippen MR) is 112 cm³/mol. The van der Waals surface area contributed by atoms with Crippen LogP contribution >= 0.6 is 0 Å². The molecule has 152 valence electrons. The molecule has 0 bridgehead atoms. The zero-order chi connectivity index (χ0) is 21.3. The van der Waals surface area contributed by atoms with Gasteiger partial charge < -0.3 is 18.3 Å². The molecule has 0 aliphatic carbocycles. The molecule has 0 N–H and O–H groups in total. The molecule has 0 radical (unpaired) electrons. The number of esters is 1. The lowest BCUT2D eigenvalue weighted by Crippen LogP contribution is -2.07. The van der Waals surface area contributed by atoms with Gasteiger partial charge in [0.05, 0.1) is 23.6 Å². The summed E-state index contributed by atoms with van der Waals surface area (Å²) in [5.41, 5.74) is 1.18. The molecule has 4 aromatic rings. The van der Waals surface area contributed by atoms with Gasteiger partial charge in [0.15, 0.2) is 5.43 Å². The maximum absolute atomic E-state index is 13.0. The number of benzene rings is 1. The monoisotopic (exact) mass is 404 g/mol. The molecule has 0 amide bonds. The van der Waals surface area contributed by atoms with E-state index < -0.39 is 5.97 Å². The van der Waals surface area contributed by atoms with Crippen LogP contribution in [0.4, 0.5) is 0 Å². The first-order valence-electron chi connectivity index (χ1n) is 9.55. The second-order valence-corrected chi connectivity index (χ2v) is 6.76. The molecule has 0 saturated carbocycles. The number of carbonyl (C=O) groups is 1. The van der Waals surface area contributed by atoms with E-state index in [0.717, 1.165) is 11.3 Å². The molecule has 0 aliphatic heterocycles. The van der Waals surface area contributed by atoms with Crippen molar-refractivity contribution in [3.8, 4) is 22.6 Å². The molecule has 0 spiro atoms. The van der Waals surface area contributed by atoms with Crippen LogP contribution in [0.25, 0.3) is 21.9 Å². The van der Waals surface area contributed by atoms with Gasteiger partial charge in [0.2, 0.25) is 5.76 Å². The Labute approximate surface area is 172 Å². The van der Waals surface area contributed by atoms with Crippen LogP contribution in [-0.4, -0.2) is 12.6 Å². The van der Waals surface area contributed by atoms with Gasteiger partial charge in [0, 0.05) is 0 Å². The van der Waals surface area contributed by atoms with E-state index in [2.05, 4.69) is 0 Å². The summed E-state index contributed by atoms with van der Waals surface area (Å²) in [4.78, 5) is 25.5. The Morgan fingerprint density at radius 1 is 0.967 bits per heavy atom. The molecule has 6 heteroatoms. The third-order valence-corrected chi connectivity index (χ3v) is 4.75. The van der Waals surface area contributed by atoms with Gasteiger partial charge in [-0.1, -0.05) is 12.1 Å². The van der Waals surface area contributed by atoms with Crippen molar-refractivity contribution in [2.75, 3.05) is 6.61 Å². The van der Waals surface area contributed by atoms with Crippen LogP contribution in [0, 0.1) is 13.8 Å². The minimum Gasteiger partial charge on any atom is -0.494 e. The Morgan fingerprint density at radius 3 is 2.37 bits per heavy atom. The normalized spacial score (nSPS) is 10.9.